The third-order valence-corrected chi connectivity index (χ3v) is 4.05. The van der Waals surface area contributed by atoms with Crippen LogP contribution in [0.1, 0.15) is 52.4 Å². The molecule has 0 radical (unpaired) electrons. The van der Waals surface area contributed by atoms with Crippen LogP contribution in [0.3, 0.4) is 0 Å². The van der Waals surface area contributed by atoms with Gasteiger partial charge in [0.25, 0.3) is 5.91 Å². The van der Waals surface area contributed by atoms with Gasteiger partial charge < -0.3 is 14.4 Å². The second kappa shape index (κ2) is 5.67. The fraction of sp³-hybridized carbons (Fsp3) is 0.294. The molecule has 1 amide bonds. The minimum Gasteiger partial charge on any atom is -0.475 e. The predicted octanol–water partition coefficient (Wildman–Crippen LogP) is 3.52. The molecule has 0 saturated heterocycles. The van der Waals surface area contributed by atoms with Crippen LogP contribution in [0, 0.1) is 0 Å². The second-order valence-corrected chi connectivity index (χ2v) is 5.53. The van der Waals surface area contributed by atoms with Gasteiger partial charge in [0.1, 0.15) is 0 Å². The largest absolute Gasteiger partial charge is 0.475 e. The van der Waals surface area contributed by atoms with Gasteiger partial charge in [0, 0.05) is 12.2 Å². The molecule has 1 unspecified atom stereocenters. The Hall–Kier alpha value is -2.56. The van der Waals surface area contributed by atoms with E-state index in [0.717, 1.165) is 24.1 Å². The highest BCUT2D eigenvalue weighted by molar-refractivity contribution is 6.05. The molecule has 0 aliphatic carbocycles. The zero-order valence-electron chi connectivity index (χ0n) is 12.3. The molecule has 3 rings (SSSR count). The Bertz CT molecular complexity index is 719. The molecule has 0 fully saturated rings. The van der Waals surface area contributed by atoms with Crippen LogP contribution >= 0.6 is 0 Å². The SMILES string of the molecule is CC1CCCN(C(=O)c2ccc(C(=O)O)o2)c2ccccc21. The highest BCUT2D eigenvalue weighted by Gasteiger charge is 2.27. The van der Waals surface area contributed by atoms with Crippen molar-refractivity contribution in [3.8, 4) is 0 Å². The Morgan fingerprint density at radius 1 is 1.18 bits per heavy atom. The molecule has 1 N–H and O–H groups in total. The van der Waals surface area contributed by atoms with Crippen LogP contribution in [-0.4, -0.2) is 23.5 Å². The van der Waals surface area contributed by atoms with E-state index in [-0.39, 0.29) is 17.4 Å². The maximum atomic E-state index is 12.7. The smallest absolute Gasteiger partial charge is 0.371 e. The molecule has 0 saturated carbocycles. The topological polar surface area (TPSA) is 70.8 Å². The number of nitrogens with zero attached hydrogens (tertiary/aromatic N) is 1. The molecule has 1 atom stereocenters. The number of carbonyl (C=O) groups is 2. The van der Waals surface area contributed by atoms with Crippen molar-refractivity contribution in [1.29, 1.82) is 0 Å². The molecule has 1 aromatic heterocycles. The van der Waals surface area contributed by atoms with Gasteiger partial charge in [-0.2, -0.15) is 0 Å². The molecule has 22 heavy (non-hydrogen) atoms. The molecular formula is C17H17NO4. The van der Waals surface area contributed by atoms with Crippen molar-refractivity contribution in [3.63, 3.8) is 0 Å². The second-order valence-electron chi connectivity index (χ2n) is 5.53. The number of carboxylic acids is 1. The summed E-state index contributed by atoms with van der Waals surface area (Å²) in [6, 6.07) is 10.6. The summed E-state index contributed by atoms with van der Waals surface area (Å²) < 4.78 is 5.15. The lowest BCUT2D eigenvalue weighted by molar-refractivity contribution is 0.0660. The lowest BCUT2D eigenvalue weighted by Crippen LogP contribution is -2.31. The van der Waals surface area contributed by atoms with Crippen LogP contribution in [0.2, 0.25) is 0 Å². The number of para-hydroxylation sites is 1. The van der Waals surface area contributed by atoms with Crippen LogP contribution < -0.4 is 4.90 Å². The summed E-state index contributed by atoms with van der Waals surface area (Å²) in [5, 5.41) is 8.91. The van der Waals surface area contributed by atoms with E-state index in [2.05, 4.69) is 6.92 Å². The standard InChI is InChI=1S/C17H17NO4/c1-11-5-4-10-18(13-7-3-2-6-12(11)13)16(19)14-8-9-15(22-14)17(20)21/h2-3,6-9,11H,4-5,10H2,1H3,(H,20,21). The molecule has 1 aliphatic heterocycles. The van der Waals surface area contributed by atoms with Crippen LogP contribution in [0.4, 0.5) is 5.69 Å². The van der Waals surface area contributed by atoms with Crippen molar-refractivity contribution < 1.29 is 19.1 Å². The molecule has 0 spiro atoms. The van der Waals surface area contributed by atoms with Gasteiger partial charge in [0.2, 0.25) is 5.76 Å². The van der Waals surface area contributed by atoms with E-state index in [1.54, 1.807) is 4.90 Å². The normalized spacial score (nSPS) is 17.7. The summed E-state index contributed by atoms with van der Waals surface area (Å²) in [5.74, 6) is -1.25. The Labute approximate surface area is 128 Å². The number of benzene rings is 1. The van der Waals surface area contributed by atoms with Crippen molar-refractivity contribution in [2.45, 2.75) is 25.7 Å². The van der Waals surface area contributed by atoms with Crippen LogP contribution in [-0.2, 0) is 0 Å². The highest BCUT2D eigenvalue weighted by atomic mass is 16.4. The van der Waals surface area contributed by atoms with E-state index in [0.29, 0.717) is 12.5 Å². The van der Waals surface area contributed by atoms with Crippen LogP contribution in [0.25, 0.3) is 0 Å². The van der Waals surface area contributed by atoms with Gasteiger partial charge in [-0.15, -0.1) is 0 Å². The van der Waals surface area contributed by atoms with Crippen molar-refractivity contribution in [2.75, 3.05) is 11.4 Å². The van der Waals surface area contributed by atoms with Crippen molar-refractivity contribution >= 4 is 17.6 Å². The quantitative estimate of drug-likeness (QED) is 0.921. The van der Waals surface area contributed by atoms with E-state index < -0.39 is 5.97 Å². The molecule has 5 nitrogen and oxygen atoms in total. The van der Waals surface area contributed by atoms with Gasteiger partial charge in [0.05, 0.1) is 0 Å². The molecule has 2 heterocycles. The minimum atomic E-state index is -1.18. The Balaban J connectivity index is 1.97. The van der Waals surface area contributed by atoms with E-state index in [1.807, 2.05) is 24.3 Å². The predicted molar refractivity (Wildman–Crippen MR) is 81.4 cm³/mol. The van der Waals surface area contributed by atoms with Crippen LogP contribution in [0.5, 0.6) is 0 Å². The van der Waals surface area contributed by atoms with Gasteiger partial charge in [-0.05, 0) is 42.5 Å². The number of carbonyl (C=O) groups excluding carboxylic acids is 1. The summed E-state index contributed by atoms with van der Waals surface area (Å²) in [7, 11) is 0. The Kier molecular flexibility index (Phi) is 3.71. The first-order valence-corrected chi connectivity index (χ1v) is 7.32. The lowest BCUT2D eigenvalue weighted by Gasteiger charge is -2.22. The van der Waals surface area contributed by atoms with E-state index in [1.165, 1.54) is 12.1 Å². The molecule has 1 aliphatic rings. The Morgan fingerprint density at radius 2 is 1.91 bits per heavy atom. The van der Waals surface area contributed by atoms with Gasteiger partial charge >= 0.3 is 5.97 Å². The fourth-order valence-electron chi connectivity index (χ4n) is 2.89. The average Bonchev–Trinajstić information content (AvgIpc) is 2.95. The van der Waals surface area contributed by atoms with E-state index in [9.17, 15) is 9.59 Å². The number of furan rings is 1. The van der Waals surface area contributed by atoms with Gasteiger partial charge in [-0.1, -0.05) is 25.1 Å². The summed E-state index contributed by atoms with van der Waals surface area (Å²) in [5.41, 5.74) is 2.02. The minimum absolute atomic E-state index is 0.0572. The number of hydrogen-bond acceptors (Lipinski definition) is 3. The zero-order chi connectivity index (χ0) is 15.7. The van der Waals surface area contributed by atoms with Crippen molar-refractivity contribution in [3.05, 3.63) is 53.5 Å². The maximum absolute atomic E-state index is 12.7. The number of fused-ring (bicyclic) bond motifs is 1. The van der Waals surface area contributed by atoms with E-state index in [4.69, 9.17) is 9.52 Å². The number of rotatable bonds is 2. The van der Waals surface area contributed by atoms with Crippen molar-refractivity contribution in [2.24, 2.45) is 0 Å². The molecule has 5 heteroatoms. The van der Waals surface area contributed by atoms with E-state index >= 15 is 0 Å². The average molecular weight is 299 g/mol. The number of amides is 1. The highest BCUT2D eigenvalue weighted by Crippen LogP contribution is 2.34. The Morgan fingerprint density at radius 3 is 2.64 bits per heavy atom. The number of anilines is 1. The fourth-order valence-corrected chi connectivity index (χ4v) is 2.89. The number of aromatic carboxylic acids is 1. The molecular weight excluding hydrogens is 282 g/mol. The molecule has 1 aromatic carbocycles. The molecule has 114 valence electrons. The summed E-state index contributed by atoms with van der Waals surface area (Å²) in [4.78, 5) is 25.3. The lowest BCUT2D eigenvalue weighted by atomic mass is 9.96. The summed E-state index contributed by atoms with van der Waals surface area (Å²) in [6.07, 6.45) is 1.91. The van der Waals surface area contributed by atoms with Crippen LogP contribution in [0.15, 0.2) is 40.8 Å². The molecule has 2 aromatic rings. The van der Waals surface area contributed by atoms with Gasteiger partial charge in [0.15, 0.2) is 5.76 Å². The first kappa shape index (κ1) is 14.4. The molecule has 0 bridgehead atoms. The number of hydrogen-bond donors (Lipinski definition) is 1. The first-order valence-electron chi connectivity index (χ1n) is 7.32. The summed E-state index contributed by atoms with van der Waals surface area (Å²) >= 11 is 0. The third kappa shape index (κ3) is 2.50. The summed E-state index contributed by atoms with van der Waals surface area (Å²) in [6.45, 7) is 2.76. The third-order valence-electron chi connectivity index (χ3n) is 4.05. The number of carboxylic acid groups (broad SMARTS) is 1. The zero-order valence-corrected chi connectivity index (χ0v) is 12.3. The first-order chi connectivity index (χ1) is 10.6. The van der Waals surface area contributed by atoms with Gasteiger partial charge in [-0.25, -0.2) is 4.79 Å². The van der Waals surface area contributed by atoms with Crippen molar-refractivity contribution in [1.82, 2.24) is 0 Å². The maximum Gasteiger partial charge on any atom is 0.371 e. The monoisotopic (exact) mass is 299 g/mol. The van der Waals surface area contributed by atoms with Gasteiger partial charge in [-0.3, -0.25) is 4.79 Å².